The second-order valence-corrected chi connectivity index (χ2v) is 10.6. The summed E-state index contributed by atoms with van der Waals surface area (Å²) in [5.74, 6) is 2.23. The Kier molecular flexibility index (Phi) is 10.1. The molecule has 206 valence electrons. The van der Waals surface area contributed by atoms with E-state index in [1.54, 1.807) is 0 Å². The van der Waals surface area contributed by atoms with E-state index >= 15 is 0 Å². The summed E-state index contributed by atoms with van der Waals surface area (Å²) in [6, 6.07) is 9.34. The van der Waals surface area contributed by atoms with Crippen molar-refractivity contribution in [3.05, 3.63) is 36.4 Å². The van der Waals surface area contributed by atoms with Crippen molar-refractivity contribution >= 4 is 22.7 Å². The lowest BCUT2D eigenvalue weighted by molar-refractivity contribution is 0.371. The molecule has 1 saturated heterocycles. The van der Waals surface area contributed by atoms with Crippen molar-refractivity contribution < 1.29 is 0 Å². The maximum Gasteiger partial charge on any atom is 0.225 e. The third-order valence-electron chi connectivity index (χ3n) is 7.58. The Morgan fingerprint density at radius 1 is 0.895 bits per heavy atom. The molecule has 0 bridgehead atoms. The molecule has 1 saturated carbocycles. The summed E-state index contributed by atoms with van der Waals surface area (Å²) in [6.07, 6.45) is 13.1. The Bertz CT molecular complexity index is 1100. The molecule has 3 aromatic rings. The van der Waals surface area contributed by atoms with Crippen LogP contribution >= 0.6 is 0 Å². The molecule has 2 aliphatic rings. The standard InChI is InChI=1S/C28H44N10/c1-2-8-22(9-3-1)31-16-6-14-29-15-7-19-38-21-33-26(37-38)20-32-28-35-25-11-5-4-10-24(25)27(36-28)34-23-12-17-30-18-13-23/h4-5,10-11,21-23,29-31H,1-3,6-9,12-20H2,(H2,32,34,35,36). The lowest BCUT2D eigenvalue weighted by Crippen LogP contribution is -2.35. The van der Waals surface area contributed by atoms with Gasteiger partial charge in [-0.1, -0.05) is 31.4 Å². The van der Waals surface area contributed by atoms with Crippen molar-refractivity contribution in [1.82, 2.24) is 40.7 Å². The molecule has 1 aliphatic carbocycles. The Morgan fingerprint density at radius 3 is 2.63 bits per heavy atom. The van der Waals surface area contributed by atoms with E-state index in [0.29, 0.717) is 18.5 Å². The Labute approximate surface area is 226 Å². The van der Waals surface area contributed by atoms with Gasteiger partial charge in [-0.05, 0) is 83.4 Å². The summed E-state index contributed by atoms with van der Waals surface area (Å²) in [7, 11) is 0. The first-order chi connectivity index (χ1) is 18.8. The van der Waals surface area contributed by atoms with Gasteiger partial charge in [0.05, 0.1) is 12.1 Å². The van der Waals surface area contributed by atoms with Gasteiger partial charge < -0.3 is 26.6 Å². The number of nitrogens with one attached hydrogen (secondary N) is 5. The fraction of sp³-hybridized carbons (Fsp3) is 0.643. The number of anilines is 2. The average molecular weight is 521 g/mol. The van der Waals surface area contributed by atoms with Gasteiger partial charge in [-0.15, -0.1) is 0 Å². The first kappa shape index (κ1) is 26.8. The minimum Gasteiger partial charge on any atom is -0.367 e. The molecule has 2 fully saturated rings. The first-order valence-electron chi connectivity index (χ1n) is 14.6. The maximum absolute atomic E-state index is 4.81. The molecule has 2 aromatic heterocycles. The highest BCUT2D eigenvalue weighted by molar-refractivity contribution is 5.90. The quantitative estimate of drug-likeness (QED) is 0.204. The van der Waals surface area contributed by atoms with Crippen LogP contribution in [0.5, 0.6) is 0 Å². The summed E-state index contributed by atoms with van der Waals surface area (Å²) in [5, 5.41) is 23.3. The van der Waals surface area contributed by atoms with E-state index < -0.39 is 0 Å². The first-order valence-corrected chi connectivity index (χ1v) is 14.6. The van der Waals surface area contributed by atoms with Gasteiger partial charge in [0.1, 0.15) is 12.1 Å². The molecule has 0 radical (unpaired) electrons. The van der Waals surface area contributed by atoms with Crippen LogP contribution < -0.4 is 26.6 Å². The predicted molar refractivity (Wildman–Crippen MR) is 153 cm³/mol. The molecule has 0 spiro atoms. The monoisotopic (exact) mass is 520 g/mol. The molecule has 10 heteroatoms. The molecule has 5 N–H and O–H groups in total. The number of rotatable bonds is 14. The second-order valence-electron chi connectivity index (χ2n) is 10.6. The SMILES string of the molecule is c1ccc2c(NC3CCNCC3)nc(NCc3ncn(CCCNCCCNC4CCCCC4)n3)nc2c1. The zero-order valence-electron chi connectivity index (χ0n) is 22.6. The Balaban J connectivity index is 1.03. The molecule has 3 heterocycles. The summed E-state index contributed by atoms with van der Waals surface area (Å²) in [5.41, 5.74) is 0.928. The van der Waals surface area contributed by atoms with Gasteiger partial charge in [-0.25, -0.2) is 9.97 Å². The minimum atomic E-state index is 0.424. The summed E-state index contributed by atoms with van der Waals surface area (Å²) in [4.78, 5) is 14.0. The van der Waals surface area contributed by atoms with Gasteiger partial charge in [0, 0.05) is 24.0 Å². The van der Waals surface area contributed by atoms with Gasteiger partial charge >= 0.3 is 0 Å². The third-order valence-corrected chi connectivity index (χ3v) is 7.58. The Morgan fingerprint density at radius 2 is 1.74 bits per heavy atom. The second kappa shape index (κ2) is 14.4. The lowest BCUT2D eigenvalue weighted by Gasteiger charge is -2.25. The van der Waals surface area contributed by atoms with Gasteiger partial charge in [-0.3, -0.25) is 4.68 Å². The number of aromatic nitrogens is 5. The van der Waals surface area contributed by atoms with Gasteiger partial charge in [0.2, 0.25) is 5.95 Å². The highest BCUT2D eigenvalue weighted by Gasteiger charge is 2.16. The van der Waals surface area contributed by atoms with Crippen molar-refractivity contribution in [3.63, 3.8) is 0 Å². The summed E-state index contributed by atoms with van der Waals surface area (Å²) < 4.78 is 1.93. The number of hydrogen-bond acceptors (Lipinski definition) is 9. The largest absolute Gasteiger partial charge is 0.367 e. The fourth-order valence-electron chi connectivity index (χ4n) is 5.42. The topological polar surface area (TPSA) is 117 Å². The van der Waals surface area contributed by atoms with Crippen LogP contribution in [0.25, 0.3) is 10.9 Å². The zero-order valence-corrected chi connectivity index (χ0v) is 22.6. The average Bonchev–Trinajstić information content (AvgIpc) is 3.42. The van der Waals surface area contributed by atoms with E-state index in [-0.39, 0.29) is 0 Å². The fourth-order valence-corrected chi connectivity index (χ4v) is 5.42. The third kappa shape index (κ3) is 8.09. The van der Waals surface area contributed by atoms with E-state index in [4.69, 9.17) is 9.97 Å². The van der Waals surface area contributed by atoms with Crippen molar-refractivity contribution in [3.8, 4) is 0 Å². The van der Waals surface area contributed by atoms with Crippen molar-refractivity contribution in [2.45, 2.75) is 83.0 Å². The molecular formula is C28H44N10. The molecule has 0 amide bonds. The van der Waals surface area contributed by atoms with Crippen LogP contribution in [-0.2, 0) is 13.1 Å². The van der Waals surface area contributed by atoms with Crippen LogP contribution in [0.4, 0.5) is 11.8 Å². The van der Waals surface area contributed by atoms with Gasteiger partial charge in [0.15, 0.2) is 5.82 Å². The number of benzene rings is 1. The van der Waals surface area contributed by atoms with E-state index in [1.165, 1.54) is 38.5 Å². The molecule has 5 rings (SSSR count). The number of piperidine rings is 1. The van der Waals surface area contributed by atoms with E-state index in [0.717, 1.165) is 87.1 Å². The molecule has 0 atom stereocenters. The van der Waals surface area contributed by atoms with E-state index in [9.17, 15) is 0 Å². The number of hydrogen-bond donors (Lipinski definition) is 5. The maximum atomic E-state index is 4.81. The summed E-state index contributed by atoms with van der Waals surface area (Å²) >= 11 is 0. The van der Waals surface area contributed by atoms with E-state index in [2.05, 4.69) is 42.7 Å². The van der Waals surface area contributed by atoms with Gasteiger partial charge in [0.25, 0.3) is 0 Å². The molecular weight excluding hydrogens is 476 g/mol. The van der Waals surface area contributed by atoms with Crippen LogP contribution in [-0.4, -0.2) is 69.5 Å². The van der Waals surface area contributed by atoms with Crippen molar-refractivity contribution in [2.24, 2.45) is 0 Å². The number of para-hydroxylation sites is 1. The van der Waals surface area contributed by atoms with Crippen LogP contribution in [0, 0.1) is 0 Å². The zero-order chi connectivity index (χ0) is 25.8. The van der Waals surface area contributed by atoms with Crippen LogP contribution in [0.1, 0.15) is 63.6 Å². The predicted octanol–water partition coefficient (Wildman–Crippen LogP) is 3.29. The van der Waals surface area contributed by atoms with Crippen LogP contribution in [0.3, 0.4) is 0 Å². The smallest absolute Gasteiger partial charge is 0.225 e. The van der Waals surface area contributed by atoms with Gasteiger partial charge in [-0.2, -0.15) is 10.1 Å². The summed E-state index contributed by atoms with van der Waals surface area (Å²) in [6.45, 7) is 6.60. The normalized spacial score (nSPS) is 17.2. The highest BCUT2D eigenvalue weighted by atomic mass is 15.3. The lowest BCUT2D eigenvalue weighted by atomic mass is 9.95. The van der Waals surface area contributed by atoms with E-state index in [1.807, 2.05) is 29.2 Å². The molecule has 38 heavy (non-hydrogen) atoms. The number of fused-ring (bicyclic) bond motifs is 1. The molecule has 0 unspecified atom stereocenters. The molecule has 1 aromatic carbocycles. The highest BCUT2D eigenvalue weighted by Crippen LogP contribution is 2.24. The van der Waals surface area contributed by atoms with Crippen LogP contribution in [0.15, 0.2) is 30.6 Å². The van der Waals surface area contributed by atoms with Crippen LogP contribution in [0.2, 0.25) is 0 Å². The Hall–Kier alpha value is -2.82. The van der Waals surface area contributed by atoms with Crippen molar-refractivity contribution in [1.29, 1.82) is 0 Å². The molecule has 1 aliphatic heterocycles. The van der Waals surface area contributed by atoms with Crippen molar-refractivity contribution in [2.75, 3.05) is 43.4 Å². The number of nitrogens with zero attached hydrogens (tertiary/aromatic N) is 5. The number of aryl methyl sites for hydroxylation is 1. The molecule has 10 nitrogen and oxygen atoms in total. The minimum absolute atomic E-state index is 0.424.